The molecule has 2 aliphatic rings. The quantitative estimate of drug-likeness (QED) is 0.645. The van der Waals surface area contributed by atoms with Gasteiger partial charge in [0.15, 0.2) is 0 Å². The minimum Gasteiger partial charge on any atom is -0.480 e. The molecule has 2 unspecified atom stereocenters. The van der Waals surface area contributed by atoms with E-state index >= 15 is 0 Å². The fourth-order valence-corrected chi connectivity index (χ4v) is 2.78. The lowest BCUT2D eigenvalue weighted by Gasteiger charge is -2.24. The molecule has 0 radical (unpaired) electrons. The van der Waals surface area contributed by atoms with Crippen LogP contribution in [0.4, 0.5) is 0 Å². The number of fused-ring (bicyclic) bond motifs is 1. The molecular weight excluding hydrogens is 166 g/mol. The Morgan fingerprint density at radius 2 is 2.15 bits per heavy atom. The first-order chi connectivity index (χ1) is 6.12. The summed E-state index contributed by atoms with van der Waals surface area (Å²) < 4.78 is 0. The van der Waals surface area contributed by atoms with Crippen molar-refractivity contribution in [3.05, 3.63) is 0 Å². The zero-order valence-electron chi connectivity index (χ0n) is 8.05. The van der Waals surface area contributed by atoms with Crippen molar-refractivity contribution in [1.29, 1.82) is 0 Å². The number of carbonyl (C=O) groups is 1. The molecule has 0 aromatic carbocycles. The molecule has 2 rings (SSSR count). The summed E-state index contributed by atoms with van der Waals surface area (Å²) >= 11 is 0. The topological polar surface area (TPSA) is 49.3 Å². The van der Waals surface area contributed by atoms with Crippen LogP contribution in [0.3, 0.4) is 0 Å². The van der Waals surface area contributed by atoms with Crippen LogP contribution in [0.5, 0.6) is 0 Å². The lowest BCUT2D eigenvalue weighted by Crippen LogP contribution is -2.47. The average Bonchev–Trinajstić information content (AvgIpc) is 2.42. The molecule has 74 valence electrons. The van der Waals surface area contributed by atoms with Gasteiger partial charge in [-0.25, -0.2) is 0 Å². The number of hydrogen-bond donors (Lipinski definition) is 2. The summed E-state index contributed by atoms with van der Waals surface area (Å²) in [5.74, 6) is -0.0863. The zero-order chi connectivity index (χ0) is 9.47. The maximum atomic E-state index is 11.0. The molecule has 1 saturated carbocycles. The van der Waals surface area contributed by atoms with Crippen LogP contribution in [-0.2, 0) is 4.79 Å². The van der Waals surface area contributed by atoms with E-state index in [0.29, 0.717) is 12.0 Å². The van der Waals surface area contributed by atoms with E-state index in [-0.39, 0.29) is 0 Å². The van der Waals surface area contributed by atoms with Gasteiger partial charge in [0.2, 0.25) is 0 Å². The van der Waals surface area contributed by atoms with E-state index in [9.17, 15) is 4.79 Å². The molecule has 1 aliphatic carbocycles. The van der Waals surface area contributed by atoms with Crippen LogP contribution in [0.1, 0.15) is 39.0 Å². The zero-order valence-corrected chi connectivity index (χ0v) is 8.05. The molecule has 0 bridgehead atoms. The molecule has 0 amide bonds. The van der Waals surface area contributed by atoms with E-state index in [4.69, 9.17) is 5.11 Å². The first kappa shape index (κ1) is 9.00. The van der Waals surface area contributed by atoms with Gasteiger partial charge in [-0.05, 0) is 32.1 Å². The Kier molecular flexibility index (Phi) is 2.06. The van der Waals surface area contributed by atoms with E-state index in [1.54, 1.807) is 0 Å². The summed E-state index contributed by atoms with van der Waals surface area (Å²) in [7, 11) is 0. The highest BCUT2D eigenvalue weighted by Gasteiger charge is 2.46. The summed E-state index contributed by atoms with van der Waals surface area (Å²) in [5, 5.41) is 12.3. The smallest absolute Gasteiger partial charge is 0.323 e. The predicted molar refractivity (Wildman–Crippen MR) is 49.5 cm³/mol. The molecule has 3 heteroatoms. The minimum absolute atomic E-state index is 0.467. The maximum absolute atomic E-state index is 11.0. The second kappa shape index (κ2) is 2.98. The first-order valence-corrected chi connectivity index (χ1v) is 5.13. The number of rotatable bonds is 1. The molecule has 1 saturated heterocycles. The number of aliphatic carboxylic acids is 1. The van der Waals surface area contributed by atoms with Crippen molar-refractivity contribution in [2.24, 2.45) is 5.92 Å². The summed E-state index contributed by atoms with van der Waals surface area (Å²) in [6.07, 6.45) is 5.71. The van der Waals surface area contributed by atoms with E-state index in [1.807, 2.05) is 6.92 Å². The largest absolute Gasteiger partial charge is 0.480 e. The molecule has 0 aromatic heterocycles. The van der Waals surface area contributed by atoms with Crippen molar-refractivity contribution in [3.63, 3.8) is 0 Å². The van der Waals surface area contributed by atoms with Crippen LogP contribution >= 0.6 is 0 Å². The third-order valence-corrected chi connectivity index (χ3v) is 3.56. The van der Waals surface area contributed by atoms with Crippen molar-refractivity contribution in [3.8, 4) is 0 Å². The fraction of sp³-hybridized carbons (Fsp3) is 0.900. The van der Waals surface area contributed by atoms with E-state index < -0.39 is 11.5 Å². The molecule has 3 nitrogen and oxygen atoms in total. The van der Waals surface area contributed by atoms with E-state index in [2.05, 4.69) is 5.32 Å². The molecule has 13 heavy (non-hydrogen) atoms. The highest BCUT2D eigenvalue weighted by molar-refractivity contribution is 5.78. The summed E-state index contributed by atoms with van der Waals surface area (Å²) in [6.45, 7) is 1.81. The Hall–Kier alpha value is -0.570. The van der Waals surface area contributed by atoms with Gasteiger partial charge in [0.25, 0.3) is 0 Å². The van der Waals surface area contributed by atoms with Crippen molar-refractivity contribution in [2.75, 3.05) is 0 Å². The Morgan fingerprint density at radius 3 is 2.77 bits per heavy atom. The third-order valence-electron chi connectivity index (χ3n) is 3.56. The van der Waals surface area contributed by atoms with Crippen molar-refractivity contribution < 1.29 is 9.90 Å². The van der Waals surface area contributed by atoms with Crippen molar-refractivity contribution >= 4 is 5.97 Å². The van der Waals surface area contributed by atoms with Crippen LogP contribution in [-0.4, -0.2) is 22.7 Å². The van der Waals surface area contributed by atoms with Gasteiger partial charge in [0.1, 0.15) is 5.54 Å². The lowest BCUT2D eigenvalue weighted by atomic mass is 9.83. The Balaban J connectivity index is 2.10. The second-order valence-corrected chi connectivity index (χ2v) is 4.64. The standard InChI is InChI=1S/C10H17NO2/c1-10(9(12)13)6-7-4-2-3-5-8(7)11-10/h7-8,11H,2-6H2,1H3,(H,12,13)/t7?,8?,10-/m1/s1. The van der Waals surface area contributed by atoms with Gasteiger partial charge in [-0.1, -0.05) is 12.8 Å². The van der Waals surface area contributed by atoms with Gasteiger partial charge < -0.3 is 5.11 Å². The molecule has 2 N–H and O–H groups in total. The van der Waals surface area contributed by atoms with Crippen LogP contribution in [0.25, 0.3) is 0 Å². The summed E-state index contributed by atoms with van der Waals surface area (Å²) in [4.78, 5) is 11.0. The van der Waals surface area contributed by atoms with Crippen LogP contribution < -0.4 is 5.32 Å². The second-order valence-electron chi connectivity index (χ2n) is 4.64. The van der Waals surface area contributed by atoms with Gasteiger partial charge in [-0.15, -0.1) is 0 Å². The number of hydrogen-bond acceptors (Lipinski definition) is 2. The molecular formula is C10H17NO2. The third kappa shape index (κ3) is 1.46. The summed E-state index contributed by atoms with van der Waals surface area (Å²) in [5.41, 5.74) is -0.653. The number of carboxylic acid groups (broad SMARTS) is 1. The number of carboxylic acids is 1. The molecule has 0 spiro atoms. The van der Waals surface area contributed by atoms with E-state index in [1.165, 1.54) is 19.3 Å². The Bertz CT molecular complexity index is 213. The van der Waals surface area contributed by atoms with Crippen LogP contribution in [0.2, 0.25) is 0 Å². The van der Waals surface area contributed by atoms with Gasteiger partial charge in [0.05, 0.1) is 0 Å². The maximum Gasteiger partial charge on any atom is 0.323 e. The monoisotopic (exact) mass is 183 g/mol. The highest BCUT2D eigenvalue weighted by atomic mass is 16.4. The molecule has 1 heterocycles. The molecule has 2 fully saturated rings. The van der Waals surface area contributed by atoms with Gasteiger partial charge in [-0.3, -0.25) is 10.1 Å². The predicted octanol–water partition coefficient (Wildman–Crippen LogP) is 1.38. The van der Waals surface area contributed by atoms with Crippen LogP contribution in [0.15, 0.2) is 0 Å². The SMILES string of the molecule is C[C@]1(C(=O)O)CC2CCCCC2N1. The van der Waals surface area contributed by atoms with E-state index in [0.717, 1.165) is 12.8 Å². The minimum atomic E-state index is -0.693. The van der Waals surface area contributed by atoms with Gasteiger partial charge >= 0.3 is 5.97 Å². The lowest BCUT2D eigenvalue weighted by molar-refractivity contribution is -0.143. The fourth-order valence-electron chi connectivity index (χ4n) is 2.78. The normalized spacial score (nSPS) is 44.4. The van der Waals surface area contributed by atoms with Crippen molar-refractivity contribution in [1.82, 2.24) is 5.32 Å². The molecule has 0 aromatic rings. The Labute approximate surface area is 78.5 Å². The highest BCUT2D eigenvalue weighted by Crippen LogP contribution is 2.37. The van der Waals surface area contributed by atoms with Crippen LogP contribution in [0, 0.1) is 5.92 Å². The van der Waals surface area contributed by atoms with Gasteiger partial charge in [-0.2, -0.15) is 0 Å². The van der Waals surface area contributed by atoms with Crippen molar-refractivity contribution in [2.45, 2.75) is 50.6 Å². The average molecular weight is 183 g/mol. The number of nitrogens with one attached hydrogen (secondary N) is 1. The first-order valence-electron chi connectivity index (χ1n) is 5.13. The molecule has 1 aliphatic heterocycles. The van der Waals surface area contributed by atoms with Gasteiger partial charge in [0, 0.05) is 6.04 Å². The Morgan fingerprint density at radius 1 is 1.46 bits per heavy atom. The molecule has 3 atom stereocenters. The summed E-state index contributed by atoms with van der Waals surface area (Å²) in [6, 6.07) is 0.467.